The molecular formula is C19H26O2. The highest BCUT2D eigenvalue weighted by atomic mass is 16.3. The number of phenolic OH excluding ortho intramolecular Hbond substituents is 1. The first-order valence-electron chi connectivity index (χ1n) is 8.58. The Morgan fingerprint density at radius 2 is 2.05 bits per heavy atom. The van der Waals surface area contributed by atoms with E-state index in [9.17, 15) is 10.2 Å². The van der Waals surface area contributed by atoms with Crippen LogP contribution in [0.15, 0.2) is 12.1 Å². The number of fused-ring (bicyclic) bond motifs is 5. The van der Waals surface area contributed by atoms with Crippen molar-refractivity contribution in [3.05, 3.63) is 28.8 Å². The fraction of sp³-hybridized carbons (Fsp3) is 0.684. The van der Waals surface area contributed by atoms with Crippen LogP contribution in [0, 0.1) is 17.3 Å². The predicted molar refractivity (Wildman–Crippen MR) is 83.3 cm³/mol. The van der Waals surface area contributed by atoms with Crippen molar-refractivity contribution >= 4 is 0 Å². The molecule has 0 radical (unpaired) electrons. The maximum absolute atomic E-state index is 9.88. The molecule has 0 aliphatic heterocycles. The van der Waals surface area contributed by atoms with E-state index in [0.717, 1.165) is 23.8 Å². The van der Waals surface area contributed by atoms with E-state index in [-0.39, 0.29) is 6.61 Å². The molecule has 2 N–H and O–H groups in total. The van der Waals surface area contributed by atoms with E-state index in [0.29, 0.717) is 17.1 Å². The Kier molecular flexibility index (Phi) is 3.08. The molecule has 114 valence electrons. The maximum atomic E-state index is 9.88. The Balaban J connectivity index is 1.77. The number of aromatic hydroxyl groups is 1. The standard InChI is InChI=1S/C19H26O2/c1-19-7-2-3-17(19)15-5-4-12-9-14(21)10-13(11-20)18(12)16(15)6-8-19/h9-10,15-17,20-21H,2-8,11H2,1H3. The van der Waals surface area contributed by atoms with Gasteiger partial charge in [0.1, 0.15) is 5.75 Å². The number of benzene rings is 1. The molecule has 1 aromatic rings. The van der Waals surface area contributed by atoms with Crippen LogP contribution in [0.4, 0.5) is 0 Å². The molecule has 2 heteroatoms. The topological polar surface area (TPSA) is 40.5 Å². The normalized spacial score (nSPS) is 37.7. The Hall–Kier alpha value is -1.02. The van der Waals surface area contributed by atoms with Crippen LogP contribution in [0.25, 0.3) is 0 Å². The van der Waals surface area contributed by atoms with Crippen molar-refractivity contribution in [1.82, 2.24) is 0 Å². The number of aryl methyl sites for hydroxylation is 1. The molecule has 3 aliphatic rings. The first-order valence-corrected chi connectivity index (χ1v) is 8.58. The summed E-state index contributed by atoms with van der Waals surface area (Å²) in [5.41, 5.74) is 4.23. The van der Waals surface area contributed by atoms with Crippen molar-refractivity contribution in [2.45, 2.75) is 64.4 Å². The number of aliphatic hydroxyl groups excluding tert-OH is 1. The summed E-state index contributed by atoms with van der Waals surface area (Å²) >= 11 is 0. The van der Waals surface area contributed by atoms with E-state index in [2.05, 4.69) is 6.92 Å². The monoisotopic (exact) mass is 286 g/mol. The van der Waals surface area contributed by atoms with Crippen LogP contribution >= 0.6 is 0 Å². The highest BCUT2D eigenvalue weighted by Gasteiger charge is 2.50. The lowest BCUT2D eigenvalue weighted by Crippen LogP contribution is -2.40. The molecular weight excluding hydrogens is 260 g/mol. The van der Waals surface area contributed by atoms with Gasteiger partial charge < -0.3 is 10.2 Å². The highest BCUT2D eigenvalue weighted by Crippen LogP contribution is 2.61. The summed E-state index contributed by atoms with van der Waals surface area (Å²) in [6, 6.07) is 3.72. The van der Waals surface area contributed by atoms with Crippen LogP contribution in [0.2, 0.25) is 0 Å². The summed E-state index contributed by atoms with van der Waals surface area (Å²) in [6.07, 6.45) is 9.17. The zero-order chi connectivity index (χ0) is 14.6. The molecule has 2 nitrogen and oxygen atoms in total. The number of aliphatic hydroxyl groups is 1. The smallest absolute Gasteiger partial charge is 0.116 e. The van der Waals surface area contributed by atoms with E-state index in [1.807, 2.05) is 6.07 Å². The number of hydrogen-bond acceptors (Lipinski definition) is 2. The second-order valence-electron chi connectivity index (χ2n) is 7.84. The minimum absolute atomic E-state index is 0.0574. The SMILES string of the molecule is CC12CCCC1C1CCc3cc(O)cc(CO)c3C1CC2. The highest BCUT2D eigenvalue weighted by molar-refractivity contribution is 5.46. The molecule has 0 heterocycles. The molecule has 0 amide bonds. The van der Waals surface area contributed by atoms with Crippen LogP contribution in [0.5, 0.6) is 5.75 Å². The summed E-state index contributed by atoms with van der Waals surface area (Å²) in [6.45, 7) is 2.57. The zero-order valence-electron chi connectivity index (χ0n) is 12.9. The van der Waals surface area contributed by atoms with Gasteiger partial charge in [-0.1, -0.05) is 13.3 Å². The summed E-state index contributed by atoms with van der Waals surface area (Å²) in [5, 5.41) is 19.6. The van der Waals surface area contributed by atoms with Gasteiger partial charge in [0.15, 0.2) is 0 Å². The Morgan fingerprint density at radius 3 is 2.86 bits per heavy atom. The number of hydrogen-bond donors (Lipinski definition) is 2. The lowest BCUT2D eigenvalue weighted by Gasteiger charge is -2.49. The molecule has 4 unspecified atom stereocenters. The molecule has 2 fully saturated rings. The second-order valence-corrected chi connectivity index (χ2v) is 7.84. The quantitative estimate of drug-likeness (QED) is 0.815. The zero-order valence-corrected chi connectivity index (χ0v) is 12.9. The molecule has 0 saturated heterocycles. The summed E-state index contributed by atoms with van der Waals surface area (Å²) in [7, 11) is 0. The number of phenols is 1. The maximum Gasteiger partial charge on any atom is 0.116 e. The van der Waals surface area contributed by atoms with Crippen LogP contribution in [0.1, 0.15) is 68.1 Å². The summed E-state index contributed by atoms with van der Waals surface area (Å²) in [4.78, 5) is 0. The van der Waals surface area contributed by atoms with Crippen molar-refractivity contribution < 1.29 is 10.2 Å². The summed E-state index contributed by atoms with van der Waals surface area (Å²) < 4.78 is 0. The van der Waals surface area contributed by atoms with Gasteiger partial charge in [-0.2, -0.15) is 0 Å². The van der Waals surface area contributed by atoms with Crippen molar-refractivity contribution in [3.8, 4) is 5.75 Å². The van der Waals surface area contributed by atoms with Gasteiger partial charge >= 0.3 is 0 Å². The molecule has 2 saturated carbocycles. The van der Waals surface area contributed by atoms with Crippen LogP contribution < -0.4 is 0 Å². The van der Waals surface area contributed by atoms with E-state index in [4.69, 9.17) is 0 Å². The molecule has 0 spiro atoms. The Morgan fingerprint density at radius 1 is 1.19 bits per heavy atom. The molecule has 4 rings (SSSR count). The first kappa shape index (κ1) is 13.6. The van der Waals surface area contributed by atoms with Gasteiger partial charge in [0.2, 0.25) is 0 Å². The fourth-order valence-corrected chi connectivity index (χ4v) is 5.94. The number of rotatable bonds is 1. The molecule has 4 atom stereocenters. The average molecular weight is 286 g/mol. The van der Waals surface area contributed by atoms with E-state index >= 15 is 0 Å². The minimum Gasteiger partial charge on any atom is -0.508 e. The van der Waals surface area contributed by atoms with Crippen molar-refractivity contribution in [2.75, 3.05) is 0 Å². The van der Waals surface area contributed by atoms with Crippen molar-refractivity contribution in [2.24, 2.45) is 17.3 Å². The fourth-order valence-electron chi connectivity index (χ4n) is 5.94. The molecule has 0 bridgehead atoms. The largest absolute Gasteiger partial charge is 0.508 e. The van der Waals surface area contributed by atoms with Crippen LogP contribution in [0.3, 0.4) is 0 Å². The third kappa shape index (κ3) is 1.95. The average Bonchev–Trinajstić information content (AvgIpc) is 2.87. The van der Waals surface area contributed by atoms with Gasteiger partial charge in [0.05, 0.1) is 6.61 Å². The van der Waals surface area contributed by atoms with E-state index < -0.39 is 0 Å². The second kappa shape index (κ2) is 4.74. The molecule has 3 aliphatic carbocycles. The van der Waals surface area contributed by atoms with Gasteiger partial charge in [0, 0.05) is 0 Å². The van der Waals surface area contributed by atoms with Gasteiger partial charge in [-0.3, -0.25) is 0 Å². The van der Waals surface area contributed by atoms with Crippen molar-refractivity contribution in [1.29, 1.82) is 0 Å². The third-order valence-electron chi connectivity index (χ3n) is 6.84. The van der Waals surface area contributed by atoms with E-state index in [1.54, 1.807) is 6.07 Å². The molecule has 1 aromatic carbocycles. The van der Waals surface area contributed by atoms with Crippen molar-refractivity contribution in [3.63, 3.8) is 0 Å². The Labute approximate surface area is 127 Å². The Bertz CT molecular complexity index is 548. The van der Waals surface area contributed by atoms with Crippen LogP contribution in [-0.2, 0) is 13.0 Å². The van der Waals surface area contributed by atoms with Crippen LogP contribution in [-0.4, -0.2) is 10.2 Å². The van der Waals surface area contributed by atoms with Gasteiger partial charge in [-0.15, -0.1) is 0 Å². The minimum atomic E-state index is 0.0574. The first-order chi connectivity index (χ1) is 10.1. The van der Waals surface area contributed by atoms with E-state index in [1.165, 1.54) is 49.7 Å². The summed E-state index contributed by atoms with van der Waals surface area (Å²) in [5.74, 6) is 2.61. The lowest BCUT2D eigenvalue weighted by atomic mass is 9.55. The third-order valence-corrected chi connectivity index (χ3v) is 6.84. The molecule has 21 heavy (non-hydrogen) atoms. The molecule has 0 aromatic heterocycles. The van der Waals surface area contributed by atoms with Gasteiger partial charge in [-0.25, -0.2) is 0 Å². The lowest BCUT2D eigenvalue weighted by molar-refractivity contribution is 0.0590. The van der Waals surface area contributed by atoms with Gasteiger partial charge in [-0.05, 0) is 90.5 Å². The predicted octanol–water partition coefficient (Wildman–Crippen LogP) is 4.13. The van der Waals surface area contributed by atoms with Gasteiger partial charge in [0.25, 0.3) is 0 Å².